The van der Waals surface area contributed by atoms with Crippen molar-refractivity contribution in [3.63, 3.8) is 0 Å². The summed E-state index contributed by atoms with van der Waals surface area (Å²) in [6.45, 7) is 3.05. The van der Waals surface area contributed by atoms with Crippen molar-refractivity contribution in [2.45, 2.75) is 76.9 Å². The molecule has 0 saturated heterocycles. The third-order valence-electron chi connectivity index (χ3n) is 5.22. The van der Waals surface area contributed by atoms with Crippen LogP contribution in [0.4, 0.5) is 13.2 Å². The van der Waals surface area contributed by atoms with Gasteiger partial charge in [0.15, 0.2) is 0 Å². The first-order valence-corrected chi connectivity index (χ1v) is 8.30. The highest BCUT2D eigenvalue weighted by atomic mass is 19.4. The molecule has 0 radical (unpaired) electrons. The minimum Gasteiger partial charge on any atom is -0.314 e. The molecule has 0 spiro atoms. The number of halogens is 3. The van der Waals surface area contributed by atoms with E-state index < -0.39 is 12.1 Å². The standard InChI is InChI=1S/C16H28F3N/c1-2-9-20-15(10-12-5-3-6-12)13-7-4-8-14(11-13)16(17,18)19/h12-15,20H,2-11H2,1H3. The molecule has 2 saturated carbocycles. The highest BCUT2D eigenvalue weighted by Gasteiger charge is 2.43. The van der Waals surface area contributed by atoms with E-state index in [9.17, 15) is 13.2 Å². The number of hydrogen-bond donors (Lipinski definition) is 1. The lowest BCUT2D eigenvalue weighted by Crippen LogP contribution is -2.43. The SMILES string of the molecule is CCCNC(CC1CCC1)C1CCCC(C(F)(F)F)C1. The van der Waals surface area contributed by atoms with Crippen LogP contribution >= 0.6 is 0 Å². The van der Waals surface area contributed by atoms with Gasteiger partial charge >= 0.3 is 6.18 Å². The van der Waals surface area contributed by atoms with Gasteiger partial charge in [-0.1, -0.05) is 32.6 Å². The molecule has 2 aliphatic carbocycles. The quantitative estimate of drug-likeness (QED) is 0.733. The maximum Gasteiger partial charge on any atom is 0.391 e. The summed E-state index contributed by atoms with van der Waals surface area (Å²) in [4.78, 5) is 0. The van der Waals surface area contributed by atoms with Crippen LogP contribution in [0.15, 0.2) is 0 Å². The maximum atomic E-state index is 12.9. The summed E-state index contributed by atoms with van der Waals surface area (Å²) in [5.41, 5.74) is 0. The predicted molar refractivity (Wildman–Crippen MR) is 75.5 cm³/mol. The van der Waals surface area contributed by atoms with E-state index in [0.29, 0.717) is 18.9 Å². The molecule has 0 aliphatic heterocycles. The zero-order valence-electron chi connectivity index (χ0n) is 12.5. The summed E-state index contributed by atoms with van der Waals surface area (Å²) in [7, 11) is 0. The summed E-state index contributed by atoms with van der Waals surface area (Å²) >= 11 is 0. The van der Waals surface area contributed by atoms with Gasteiger partial charge in [0.2, 0.25) is 0 Å². The van der Waals surface area contributed by atoms with Crippen molar-refractivity contribution in [3.8, 4) is 0 Å². The Kier molecular flexibility index (Phi) is 5.76. The van der Waals surface area contributed by atoms with Crippen LogP contribution in [0, 0.1) is 17.8 Å². The third kappa shape index (κ3) is 4.37. The first-order valence-electron chi connectivity index (χ1n) is 8.30. The Morgan fingerprint density at radius 2 is 1.80 bits per heavy atom. The van der Waals surface area contributed by atoms with Gasteiger partial charge < -0.3 is 5.32 Å². The summed E-state index contributed by atoms with van der Waals surface area (Å²) in [6.07, 6.45) is 4.41. The van der Waals surface area contributed by atoms with Crippen LogP contribution in [0.3, 0.4) is 0 Å². The molecule has 3 atom stereocenters. The Balaban J connectivity index is 1.91. The van der Waals surface area contributed by atoms with E-state index in [4.69, 9.17) is 0 Å². The summed E-state index contributed by atoms with van der Waals surface area (Å²) in [5, 5.41) is 3.54. The van der Waals surface area contributed by atoms with E-state index in [1.54, 1.807) is 0 Å². The number of rotatable bonds is 6. The van der Waals surface area contributed by atoms with Gasteiger partial charge in [0.25, 0.3) is 0 Å². The minimum atomic E-state index is -4.00. The normalized spacial score (nSPS) is 30.0. The highest BCUT2D eigenvalue weighted by molar-refractivity contribution is 4.87. The topological polar surface area (TPSA) is 12.0 Å². The van der Waals surface area contributed by atoms with Crippen molar-refractivity contribution in [1.29, 1.82) is 0 Å². The van der Waals surface area contributed by atoms with Gasteiger partial charge in [-0.2, -0.15) is 13.2 Å². The largest absolute Gasteiger partial charge is 0.391 e. The van der Waals surface area contributed by atoms with E-state index in [1.165, 1.54) is 19.3 Å². The number of nitrogens with one attached hydrogen (secondary N) is 1. The molecule has 1 nitrogen and oxygen atoms in total. The van der Waals surface area contributed by atoms with Crippen molar-refractivity contribution >= 4 is 0 Å². The molecule has 0 heterocycles. The van der Waals surface area contributed by atoms with Crippen LogP contribution in [0.2, 0.25) is 0 Å². The van der Waals surface area contributed by atoms with Gasteiger partial charge in [0, 0.05) is 6.04 Å². The molecule has 0 aromatic carbocycles. The van der Waals surface area contributed by atoms with Gasteiger partial charge in [-0.3, -0.25) is 0 Å². The third-order valence-corrected chi connectivity index (χ3v) is 5.22. The second kappa shape index (κ2) is 7.15. The zero-order valence-corrected chi connectivity index (χ0v) is 12.5. The first-order chi connectivity index (χ1) is 9.50. The molecule has 2 rings (SSSR count). The second-order valence-electron chi connectivity index (χ2n) is 6.76. The fourth-order valence-corrected chi connectivity index (χ4v) is 3.75. The molecule has 0 aromatic rings. The minimum absolute atomic E-state index is 0.225. The van der Waals surface area contributed by atoms with E-state index >= 15 is 0 Å². The molecule has 0 amide bonds. The fraction of sp³-hybridized carbons (Fsp3) is 1.00. The van der Waals surface area contributed by atoms with Crippen LogP contribution in [-0.4, -0.2) is 18.8 Å². The zero-order chi connectivity index (χ0) is 14.6. The molecule has 20 heavy (non-hydrogen) atoms. The van der Waals surface area contributed by atoms with Gasteiger partial charge in [0.05, 0.1) is 5.92 Å². The predicted octanol–water partition coefficient (Wildman–Crippen LogP) is 4.91. The average Bonchev–Trinajstić information content (AvgIpc) is 2.36. The molecule has 4 heteroatoms. The molecular formula is C16H28F3N. The highest BCUT2D eigenvalue weighted by Crippen LogP contribution is 2.42. The molecule has 1 N–H and O–H groups in total. The fourth-order valence-electron chi connectivity index (χ4n) is 3.75. The van der Waals surface area contributed by atoms with Gasteiger partial charge in [0.1, 0.15) is 0 Å². The van der Waals surface area contributed by atoms with E-state index in [2.05, 4.69) is 12.2 Å². The monoisotopic (exact) mass is 291 g/mol. The van der Waals surface area contributed by atoms with Gasteiger partial charge in [-0.05, 0) is 50.5 Å². The lowest BCUT2D eigenvalue weighted by atomic mass is 9.72. The Labute approximate surface area is 120 Å². The molecule has 2 aliphatic rings. The molecule has 0 aromatic heterocycles. The van der Waals surface area contributed by atoms with E-state index in [1.807, 2.05) is 0 Å². The van der Waals surface area contributed by atoms with Crippen molar-refractivity contribution < 1.29 is 13.2 Å². The first kappa shape index (κ1) is 16.1. The van der Waals surface area contributed by atoms with Crippen molar-refractivity contribution in [2.24, 2.45) is 17.8 Å². The maximum absolute atomic E-state index is 12.9. The Morgan fingerprint density at radius 3 is 2.35 bits per heavy atom. The lowest BCUT2D eigenvalue weighted by Gasteiger charge is -2.39. The molecule has 0 bridgehead atoms. The van der Waals surface area contributed by atoms with Gasteiger partial charge in [-0.25, -0.2) is 0 Å². The van der Waals surface area contributed by atoms with E-state index in [0.717, 1.165) is 38.1 Å². The average molecular weight is 291 g/mol. The van der Waals surface area contributed by atoms with Crippen molar-refractivity contribution in [1.82, 2.24) is 5.32 Å². The summed E-state index contributed by atoms with van der Waals surface area (Å²) < 4.78 is 38.8. The Hall–Kier alpha value is -0.250. The molecule has 118 valence electrons. The Morgan fingerprint density at radius 1 is 1.10 bits per heavy atom. The summed E-state index contributed by atoms with van der Waals surface area (Å²) in [6, 6.07) is 0.311. The summed E-state index contributed by atoms with van der Waals surface area (Å²) in [5.74, 6) is -0.0771. The van der Waals surface area contributed by atoms with Crippen LogP contribution in [-0.2, 0) is 0 Å². The van der Waals surface area contributed by atoms with Crippen LogP contribution in [0.1, 0.15) is 64.7 Å². The van der Waals surface area contributed by atoms with Crippen molar-refractivity contribution in [3.05, 3.63) is 0 Å². The number of hydrogen-bond acceptors (Lipinski definition) is 1. The van der Waals surface area contributed by atoms with Crippen molar-refractivity contribution in [2.75, 3.05) is 6.54 Å². The van der Waals surface area contributed by atoms with Crippen LogP contribution < -0.4 is 5.32 Å². The molecular weight excluding hydrogens is 263 g/mol. The second-order valence-corrected chi connectivity index (χ2v) is 6.76. The van der Waals surface area contributed by atoms with Gasteiger partial charge in [-0.15, -0.1) is 0 Å². The Bertz CT molecular complexity index is 286. The molecule has 3 unspecified atom stereocenters. The molecule has 2 fully saturated rings. The lowest BCUT2D eigenvalue weighted by molar-refractivity contribution is -0.186. The van der Waals surface area contributed by atoms with E-state index in [-0.39, 0.29) is 5.92 Å². The number of alkyl halides is 3. The van der Waals surface area contributed by atoms with Crippen LogP contribution in [0.5, 0.6) is 0 Å². The van der Waals surface area contributed by atoms with Crippen LogP contribution in [0.25, 0.3) is 0 Å². The smallest absolute Gasteiger partial charge is 0.314 e.